The summed E-state index contributed by atoms with van der Waals surface area (Å²) < 4.78 is 33.6. The Labute approximate surface area is 129 Å². The van der Waals surface area contributed by atoms with Crippen molar-refractivity contribution >= 4 is 31.4 Å². The number of benzene rings is 1. The van der Waals surface area contributed by atoms with Gasteiger partial charge in [0.05, 0.1) is 6.61 Å². The Morgan fingerprint density at radius 3 is 2.76 bits per heavy atom. The smallest absolute Gasteiger partial charge is 0.242 e. The Kier molecular flexibility index (Phi) is 5.72. The van der Waals surface area contributed by atoms with Gasteiger partial charge in [0.1, 0.15) is 4.90 Å². The third-order valence-electron chi connectivity index (χ3n) is 3.02. The van der Waals surface area contributed by atoms with Crippen LogP contribution in [0.3, 0.4) is 0 Å². The Hall–Kier alpha value is -0.990. The van der Waals surface area contributed by atoms with Crippen molar-refractivity contribution < 1.29 is 13.2 Å². The van der Waals surface area contributed by atoms with Crippen LogP contribution in [0, 0.1) is 0 Å². The lowest BCUT2D eigenvalue weighted by atomic mass is 10.2. The summed E-state index contributed by atoms with van der Waals surface area (Å²) in [7, 11) is -1.99. The van der Waals surface area contributed by atoms with Crippen molar-refractivity contribution in [1.29, 1.82) is 0 Å². The van der Waals surface area contributed by atoms with Gasteiger partial charge in [-0.25, -0.2) is 13.1 Å². The van der Waals surface area contributed by atoms with Crippen LogP contribution in [0.15, 0.2) is 29.2 Å². The normalized spacial score (nSPS) is 12.1. The van der Waals surface area contributed by atoms with Gasteiger partial charge in [-0.2, -0.15) is 0 Å². The van der Waals surface area contributed by atoms with Crippen LogP contribution in [0.1, 0.15) is 11.8 Å². The molecular formula is C14H20N2O3S2. The van der Waals surface area contributed by atoms with E-state index in [2.05, 4.69) is 10.0 Å². The van der Waals surface area contributed by atoms with Crippen molar-refractivity contribution in [2.24, 2.45) is 0 Å². The van der Waals surface area contributed by atoms with Gasteiger partial charge in [-0.3, -0.25) is 0 Å². The summed E-state index contributed by atoms with van der Waals surface area (Å²) in [5.41, 5.74) is 0. The molecule has 1 heterocycles. The van der Waals surface area contributed by atoms with Crippen molar-refractivity contribution in [2.45, 2.75) is 18.4 Å². The fraction of sp³-hybridized carbons (Fsp3) is 0.429. The van der Waals surface area contributed by atoms with Crippen LogP contribution < -0.4 is 10.0 Å². The van der Waals surface area contributed by atoms with E-state index in [0.29, 0.717) is 18.0 Å². The zero-order chi connectivity index (χ0) is 15.3. The van der Waals surface area contributed by atoms with Crippen LogP contribution in [-0.2, 0) is 21.3 Å². The van der Waals surface area contributed by atoms with Gasteiger partial charge in [0.2, 0.25) is 10.0 Å². The molecule has 2 aromatic rings. The van der Waals surface area contributed by atoms with Gasteiger partial charge in [0.15, 0.2) is 0 Å². The average molecular weight is 328 g/mol. The molecule has 2 rings (SSSR count). The Morgan fingerprint density at radius 1 is 1.29 bits per heavy atom. The van der Waals surface area contributed by atoms with Gasteiger partial charge in [-0.05, 0) is 12.6 Å². The molecule has 1 aromatic carbocycles. The molecule has 116 valence electrons. The SMILES string of the molecule is CCNCc1sc2ccccc2c1S(=O)(=O)NCCOC. The summed E-state index contributed by atoms with van der Waals surface area (Å²) in [4.78, 5) is 1.23. The molecule has 0 aliphatic heterocycles. The van der Waals surface area contributed by atoms with E-state index < -0.39 is 10.0 Å². The molecule has 0 fully saturated rings. The Morgan fingerprint density at radius 2 is 2.05 bits per heavy atom. The maximum absolute atomic E-state index is 12.6. The van der Waals surface area contributed by atoms with Crippen LogP contribution in [-0.4, -0.2) is 35.2 Å². The first-order valence-corrected chi connectivity index (χ1v) is 9.10. The summed E-state index contributed by atoms with van der Waals surface area (Å²) in [6.07, 6.45) is 0. The van der Waals surface area contributed by atoms with E-state index >= 15 is 0 Å². The summed E-state index contributed by atoms with van der Waals surface area (Å²) in [6.45, 7) is 3.97. The van der Waals surface area contributed by atoms with Crippen molar-refractivity contribution in [3.8, 4) is 0 Å². The summed E-state index contributed by atoms with van der Waals surface area (Å²) in [5.74, 6) is 0. The summed E-state index contributed by atoms with van der Waals surface area (Å²) in [6, 6.07) is 7.58. The van der Waals surface area contributed by atoms with Gasteiger partial charge >= 0.3 is 0 Å². The predicted molar refractivity (Wildman–Crippen MR) is 86.3 cm³/mol. The third kappa shape index (κ3) is 3.81. The van der Waals surface area contributed by atoms with Crippen molar-refractivity contribution in [3.05, 3.63) is 29.1 Å². The maximum Gasteiger partial charge on any atom is 0.242 e. The standard InChI is InChI=1S/C14H20N2O3S2/c1-3-15-10-13-14(21(17,18)16-8-9-19-2)11-6-4-5-7-12(11)20-13/h4-7,15-16H,3,8-10H2,1-2H3. The quantitative estimate of drug-likeness (QED) is 0.727. The molecule has 0 bridgehead atoms. The molecule has 0 aliphatic carbocycles. The fourth-order valence-corrected chi connectivity index (χ4v) is 5.00. The van der Waals surface area contributed by atoms with Crippen LogP contribution in [0.4, 0.5) is 0 Å². The second kappa shape index (κ2) is 7.33. The van der Waals surface area contributed by atoms with E-state index in [1.807, 2.05) is 31.2 Å². The molecule has 2 N–H and O–H groups in total. The van der Waals surface area contributed by atoms with Crippen LogP contribution >= 0.6 is 11.3 Å². The lowest BCUT2D eigenvalue weighted by Gasteiger charge is -2.08. The monoisotopic (exact) mass is 328 g/mol. The van der Waals surface area contributed by atoms with Crippen molar-refractivity contribution in [3.63, 3.8) is 0 Å². The molecule has 0 radical (unpaired) electrons. The minimum absolute atomic E-state index is 0.268. The number of rotatable bonds is 8. The molecule has 0 spiro atoms. The van der Waals surface area contributed by atoms with E-state index in [4.69, 9.17) is 4.74 Å². The zero-order valence-electron chi connectivity index (χ0n) is 12.2. The zero-order valence-corrected chi connectivity index (χ0v) is 13.8. The Balaban J connectivity index is 2.43. The molecule has 5 nitrogen and oxygen atoms in total. The Bertz CT molecular complexity index is 695. The van der Waals surface area contributed by atoms with E-state index in [-0.39, 0.29) is 6.54 Å². The molecule has 0 saturated carbocycles. The minimum Gasteiger partial charge on any atom is -0.383 e. The lowest BCUT2D eigenvalue weighted by Crippen LogP contribution is -2.28. The molecule has 0 amide bonds. The molecule has 7 heteroatoms. The highest BCUT2D eigenvalue weighted by Gasteiger charge is 2.23. The first-order valence-electron chi connectivity index (χ1n) is 6.80. The van der Waals surface area contributed by atoms with E-state index in [0.717, 1.165) is 21.5 Å². The predicted octanol–water partition coefficient (Wildman–Crippen LogP) is 1.94. The first kappa shape index (κ1) is 16.4. The lowest BCUT2D eigenvalue weighted by molar-refractivity contribution is 0.204. The molecule has 21 heavy (non-hydrogen) atoms. The van der Waals surface area contributed by atoms with Crippen LogP contribution in [0.25, 0.3) is 10.1 Å². The molecule has 1 aromatic heterocycles. The summed E-state index contributed by atoms with van der Waals surface area (Å²) in [5, 5.41) is 3.98. The number of ether oxygens (including phenoxy) is 1. The number of fused-ring (bicyclic) bond motifs is 1. The number of hydrogen-bond donors (Lipinski definition) is 2. The molecule has 0 aliphatic rings. The summed E-state index contributed by atoms with van der Waals surface area (Å²) >= 11 is 1.52. The number of nitrogens with one attached hydrogen (secondary N) is 2. The van der Waals surface area contributed by atoms with Crippen molar-refractivity contribution in [1.82, 2.24) is 10.0 Å². The van der Waals surface area contributed by atoms with Crippen LogP contribution in [0.5, 0.6) is 0 Å². The van der Waals surface area contributed by atoms with Gasteiger partial charge in [0.25, 0.3) is 0 Å². The van der Waals surface area contributed by atoms with Crippen molar-refractivity contribution in [2.75, 3.05) is 26.8 Å². The highest BCUT2D eigenvalue weighted by Crippen LogP contribution is 2.34. The van der Waals surface area contributed by atoms with Crippen LogP contribution in [0.2, 0.25) is 0 Å². The van der Waals surface area contributed by atoms with Gasteiger partial charge in [-0.1, -0.05) is 25.1 Å². The second-order valence-electron chi connectivity index (χ2n) is 4.52. The molecule has 0 atom stereocenters. The third-order valence-corrected chi connectivity index (χ3v) is 5.91. The fourth-order valence-electron chi connectivity index (χ4n) is 2.07. The van der Waals surface area contributed by atoms with Gasteiger partial charge in [-0.15, -0.1) is 11.3 Å². The van der Waals surface area contributed by atoms with Gasteiger partial charge in [0, 0.05) is 35.2 Å². The highest BCUT2D eigenvalue weighted by atomic mass is 32.2. The minimum atomic E-state index is -3.54. The number of sulfonamides is 1. The maximum atomic E-state index is 12.6. The topological polar surface area (TPSA) is 67.4 Å². The second-order valence-corrected chi connectivity index (χ2v) is 7.36. The van der Waals surface area contributed by atoms with E-state index in [9.17, 15) is 8.42 Å². The molecule has 0 saturated heterocycles. The van der Waals surface area contributed by atoms with Gasteiger partial charge < -0.3 is 10.1 Å². The first-order chi connectivity index (χ1) is 10.1. The largest absolute Gasteiger partial charge is 0.383 e. The van der Waals surface area contributed by atoms with E-state index in [1.54, 1.807) is 7.11 Å². The average Bonchev–Trinajstić information content (AvgIpc) is 2.84. The number of hydrogen-bond acceptors (Lipinski definition) is 5. The highest BCUT2D eigenvalue weighted by molar-refractivity contribution is 7.90. The number of methoxy groups -OCH3 is 1. The number of thiophene rings is 1. The molecule has 0 unspecified atom stereocenters. The molecular weight excluding hydrogens is 308 g/mol. The van der Waals surface area contributed by atoms with E-state index in [1.165, 1.54) is 11.3 Å².